The third kappa shape index (κ3) is 4.65. The van der Waals surface area contributed by atoms with Gasteiger partial charge in [-0.1, -0.05) is 72.5 Å². The first kappa shape index (κ1) is 26.5. The smallest absolute Gasteiger partial charge is 0.225 e. The van der Waals surface area contributed by atoms with Crippen LogP contribution in [0.2, 0.25) is 5.28 Å². The number of hydrogen-bond acceptors (Lipinski definition) is 3. The van der Waals surface area contributed by atoms with Gasteiger partial charge in [-0.15, -0.1) is 0 Å². The molecule has 9 atom stereocenters. The van der Waals surface area contributed by atoms with Crippen molar-refractivity contribution in [3.63, 3.8) is 0 Å². The molecular formula is C32H49ClN2O. The zero-order valence-electron chi connectivity index (χ0n) is 23.6. The zero-order chi connectivity index (χ0) is 25.7. The molecule has 4 aliphatic carbocycles. The van der Waals surface area contributed by atoms with E-state index in [1.54, 1.807) is 11.8 Å². The van der Waals surface area contributed by atoms with E-state index < -0.39 is 0 Å². The Morgan fingerprint density at radius 1 is 1.11 bits per heavy atom. The molecule has 4 unspecified atom stereocenters. The molecule has 3 saturated carbocycles. The van der Waals surface area contributed by atoms with Crippen LogP contribution in [-0.4, -0.2) is 16.1 Å². The lowest BCUT2D eigenvalue weighted by atomic mass is 9.45. The summed E-state index contributed by atoms with van der Waals surface area (Å²) < 4.78 is 6.33. The predicted molar refractivity (Wildman–Crippen MR) is 149 cm³/mol. The van der Waals surface area contributed by atoms with Crippen molar-refractivity contribution in [2.75, 3.05) is 0 Å². The molecule has 4 heteroatoms. The highest BCUT2D eigenvalue weighted by Gasteiger charge is 2.60. The third-order valence-electron chi connectivity index (χ3n) is 11.7. The molecule has 0 saturated heterocycles. The van der Waals surface area contributed by atoms with E-state index in [-0.39, 0.29) is 11.4 Å². The molecule has 4 aliphatic rings. The first-order chi connectivity index (χ1) is 17.1. The molecule has 1 aromatic heterocycles. The standard InChI is InChI=1S/C32H49ClN2O/c1-20(2)8-7-9-21(3)26-12-13-27-25-11-10-23-19-24(36-29-15-17-34-30(33)35-29)18-22(4)32(23,6)28(25)14-16-31(26,27)5/h10,15,17,20-22,24-28H,7-9,11-14,16,18-19H2,1-6H3/t21?,22-,24-,25?,26+,27?,28?,31+,32-/m0/s1. The van der Waals surface area contributed by atoms with Crippen LogP contribution in [0.5, 0.6) is 5.88 Å². The quantitative estimate of drug-likeness (QED) is 0.269. The number of ether oxygens (including phenoxy) is 1. The maximum atomic E-state index is 6.33. The summed E-state index contributed by atoms with van der Waals surface area (Å²) in [5.41, 5.74) is 2.53. The second-order valence-corrected chi connectivity index (χ2v) is 14.2. The van der Waals surface area contributed by atoms with Gasteiger partial charge in [0.15, 0.2) is 0 Å². The number of halogens is 1. The van der Waals surface area contributed by atoms with Crippen molar-refractivity contribution in [3.8, 4) is 5.88 Å². The van der Waals surface area contributed by atoms with E-state index in [1.165, 1.54) is 51.4 Å². The molecule has 1 aromatic rings. The SMILES string of the molecule is CC(C)CCCC(C)[C@H]1CCC2C3CC=C4C[C@@H](Oc5ccnc(Cl)n5)C[C@H](C)[C@]4(C)C3CC[C@@]21C. The lowest BCUT2D eigenvalue weighted by Crippen LogP contribution is -2.53. The molecule has 0 spiro atoms. The van der Waals surface area contributed by atoms with Crippen LogP contribution < -0.4 is 4.74 Å². The fourth-order valence-electron chi connectivity index (χ4n) is 9.72. The summed E-state index contributed by atoms with van der Waals surface area (Å²) in [6.45, 7) is 15.1. The third-order valence-corrected chi connectivity index (χ3v) is 11.9. The zero-order valence-corrected chi connectivity index (χ0v) is 24.4. The summed E-state index contributed by atoms with van der Waals surface area (Å²) >= 11 is 6.01. The Balaban J connectivity index is 1.30. The molecular weight excluding hydrogens is 464 g/mol. The van der Waals surface area contributed by atoms with Gasteiger partial charge >= 0.3 is 0 Å². The Bertz CT molecular complexity index is 961. The first-order valence-corrected chi connectivity index (χ1v) is 15.4. The lowest BCUT2D eigenvalue weighted by molar-refractivity contribution is -0.0739. The van der Waals surface area contributed by atoms with Crippen LogP contribution in [0.1, 0.15) is 106 Å². The van der Waals surface area contributed by atoms with Crippen LogP contribution in [0.3, 0.4) is 0 Å². The Hall–Kier alpha value is -1.09. The Morgan fingerprint density at radius 3 is 2.67 bits per heavy atom. The van der Waals surface area contributed by atoms with Gasteiger partial charge in [-0.3, -0.25) is 0 Å². The number of aromatic nitrogens is 2. The van der Waals surface area contributed by atoms with Gasteiger partial charge in [0.2, 0.25) is 11.2 Å². The van der Waals surface area contributed by atoms with Crippen LogP contribution in [0, 0.1) is 52.3 Å². The van der Waals surface area contributed by atoms with E-state index in [4.69, 9.17) is 16.3 Å². The van der Waals surface area contributed by atoms with E-state index in [0.717, 1.165) is 48.3 Å². The van der Waals surface area contributed by atoms with Crippen molar-refractivity contribution in [2.45, 2.75) is 112 Å². The van der Waals surface area contributed by atoms with Crippen molar-refractivity contribution >= 4 is 11.6 Å². The molecule has 0 bridgehead atoms. The topological polar surface area (TPSA) is 35.0 Å². The summed E-state index contributed by atoms with van der Waals surface area (Å²) in [4.78, 5) is 8.29. The Labute approximate surface area is 225 Å². The summed E-state index contributed by atoms with van der Waals surface area (Å²) in [5, 5.41) is 0.260. The van der Waals surface area contributed by atoms with Crippen LogP contribution in [0.15, 0.2) is 23.9 Å². The van der Waals surface area contributed by atoms with E-state index in [2.05, 4.69) is 57.6 Å². The van der Waals surface area contributed by atoms with E-state index in [0.29, 0.717) is 22.6 Å². The van der Waals surface area contributed by atoms with Crippen molar-refractivity contribution in [3.05, 3.63) is 29.2 Å². The van der Waals surface area contributed by atoms with E-state index in [9.17, 15) is 0 Å². The van der Waals surface area contributed by atoms with Crippen LogP contribution in [0.4, 0.5) is 0 Å². The summed E-state index contributed by atoms with van der Waals surface area (Å²) in [6.07, 6.45) is 17.9. The first-order valence-electron chi connectivity index (χ1n) is 15.0. The molecule has 1 heterocycles. The predicted octanol–water partition coefficient (Wildman–Crippen LogP) is 9.16. The average molecular weight is 513 g/mol. The summed E-state index contributed by atoms with van der Waals surface area (Å²) in [7, 11) is 0. The molecule has 0 aromatic carbocycles. The normalized spacial score (nSPS) is 40.7. The molecule has 0 radical (unpaired) electrons. The number of fused-ring (bicyclic) bond motifs is 5. The van der Waals surface area contributed by atoms with Gasteiger partial charge in [-0.2, -0.15) is 4.98 Å². The van der Waals surface area contributed by atoms with Gasteiger partial charge in [0.25, 0.3) is 0 Å². The molecule has 0 amide bonds. The van der Waals surface area contributed by atoms with E-state index in [1.807, 2.05) is 6.07 Å². The van der Waals surface area contributed by atoms with Crippen LogP contribution >= 0.6 is 11.6 Å². The molecule has 3 nitrogen and oxygen atoms in total. The maximum absolute atomic E-state index is 6.33. The molecule has 200 valence electrons. The Morgan fingerprint density at radius 2 is 1.92 bits per heavy atom. The molecule has 5 rings (SSSR count). The van der Waals surface area contributed by atoms with Gasteiger partial charge in [-0.05, 0) is 102 Å². The Kier molecular flexibility index (Phi) is 7.54. The summed E-state index contributed by atoms with van der Waals surface area (Å²) in [5.74, 6) is 6.47. The van der Waals surface area contributed by atoms with Crippen LogP contribution in [0.25, 0.3) is 0 Å². The second-order valence-electron chi connectivity index (χ2n) is 13.9. The molecule has 36 heavy (non-hydrogen) atoms. The minimum absolute atomic E-state index is 0.179. The number of nitrogens with zero attached hydrogens (tertiary/aromatic N) is 2. The van der Waals surface area contributed by atoms with Crippen molar-refractivity contribution < 1.29 is 4.74 Å². The average Bonchev–Trinajstić information content (AvgIpc) is 3.17. The monoisotopic (exact) mass is 512 g/mol. The summed E-state index contributed by atoms with van der Waals surface area (Å²) in [6, 6.07) is 1.83. The highest BCUT2D eigenvalue weighted by Crippen LogP contribution is 2.68. The largest absolute Gasteiger partial charge is 0.474 e. The number of allylic oxidation sites excluding steroid dienone is 1. The second kappa shape index (κ2) is 10.2. The highest BCUT2D eigenvalue weighted by atomic mass is 35.5. The van der Waals surface area contributed by atoms with Gasteiger partial charge < -0.3 is 4.74 Å². The number of hydrogen-bond donors (Lipinski definition) is 0. The van der Waals surface area contributed by atoms with Gasteiger partial charge in [-0.25, -0.2) is 4.98 Å². The van der Waals surface area contributed by atoms with Crippen molar-refractivity contribution in [2.24, 2.45) is 52.3 Å². The van der Waals surface area contributed by atoms with Crippen molar-refractivity contribution in [1.29, 1.82) is 0 Å². The van der Waals surface area contributed by atoms with Crippen LogP contribution in [-0.2, 0) is 0 Å². The minimum atomic E-state index is 0.179. The van der Waals surface area contributed by atoms with Gasteiger partial charge in [0.05, 0.1) is 0 Å². The molecule has 0 N–H and O–H groups in total. The van der Waals surface area contributed by atoms with Crippen molar-refractivity contribution in [1.82, 2.24) is 9.97 Å². The lowest BCUT2D eigenvalue weighted by Gasteiger charge is -2.60. The maximum Gasteiger partial charge on any atom is 0.225 e. The fourth-order valence-corrected chi connectivity index (χ4v) is 9.86. The van der Waals surface area contributed by atoms with E-state index >= 15 is 0 Å². The minimum Gasteiger partial charge on any atom is -0.474 e. The molecule has 3 fully saturated rings. The van der Waals surface area contributed by atoms with Gasteiger partial charge in [0, 0.05) is 18.7 Å². The van der Waals surface area contributed by atoms with Gasteiger partial charge in [0.1, 0.15) is 6.10 Å². The molecule has 0 aliphatic heterocycles. The fraction of sp³-hybridized carbons (Fsp3) is 0.812. The number of rotatable bonds is 7. The highest BCUT2D eigenvalue weighted by molar-refractivity contribution is 6.28.